The van der Waals surface area contributed by atoms with Crippen molar-refractivity contribution in [1.82, 2.24) is 9.62 Å². The molecule has 0 aliphatic carbocycles. The zero-order chi connectivity index (χ0) is 18.3. The largest absolute Gasteiger partial charge is 0.355 e. The van der Waals surface area contributed by atoms with Crippen LogP contribution in [0.25, 0.3) is 0 Å². The highest BCUT2D eigenvalue weighted by Crippen LogP contribution is 2.21. The van der Waals surface area contributed by atoms with Crippen LogP contribution in [0.3, 0.4) is 0 Å². The van der Waals surface area contributed by atoms with Crippen LogP contribution in [0.5, 0.6) is 0 Å². The zero-order valence-electron chi connectivity index (χ0n) is 15.3. The maximum Gasteiger partial charge on any atom is 0.224 e. The second kappa shape index (κ2) is 9.34. The fraction of sp³-hybridized carbons (Fsp3) is 0.632. The average Bonchev–Trinajstić information content (AvgIpc) is 2.63. The van der Waals surface area contributed by atoms with Gasteiger partial charge in [0.1, 0.15) is 0 Å². The number of sulfonamides is 1. The monoisotopic (exact) mass is 366 g/mol. The number of carbonyl (C=O) groups is 1. The quantitative estimate of drug-likeness (QED) is 0.769. The Balaban J connectivity index is 1.92. The van der Waals surface area contributed by atoms with E-state index in [1.165, 1.54) is 9.87 Å². The first-order valence-electron chi connectivity index (χ1n) is 9.28. The van der Waals surface area contributed by atoms with Gasteiger partial charge in [0.05, 0.1) is 11.7 Å². The SMILES string of the molecule is CCCS(=O)(=O)N1CCC[C@@H](C(=O)NC[C@@H](CC)c2ccccc2)C1. The van der Waals surface area contributed by atoms with E-state index >= 15 is 0 Å². The normalized spacial score (nSPS) is 20.2. The minimum atomic E-state index is -3.23. The van der Waals surface area contributed by atoms with Crippen LogP contribution in [0.2, 0.25) is 0 Å². The molecule has 1 amide bonds. The minimum Gasteiger partial charge on any atom is -0.355 e. The van der Waals surface area contributed by atoms with Gasteiger partial charge >= 0.3 is 0 Å². The van der Waals surface area contributed by atoms with Crippen LogP contribution in [-0.2, 0) is 14.8 Å². The molecule has 0 bridgehead atoms. The fourth-order valence-corrected chi connectivity index (χ4v) is 4.98. The van der Waals surface area contributed by atoms with Gasteiger partial charge in [0.25, 0.3) is 0 Å². The van der Waals surface area contributed by atoms with Crippen LogP contribution in [0, 0.1) is 5.92 Å². The van der Waals surface area contributed by atoms with E-state index in [0.717, 1.165) is 19.3 Å². The summed E-state index contributed by atoms with van der Waals surface area (Å²) in [5, 5.41) is 3.05. The van der Waals surface area contributed by atoms with E-state index < -0.39 is 10.0 Å². The molecule has 1 aromatic carbocycles. The molecule has 0 spiro atoms. The molecule has 1 N–H and O–H groups in total. The van der Waals surface area contributed by atoms with Crippen LogP contribution in [0.1, 0.15) is 51.0 Å². The van der Waals surface area contributed by atoms with Crippen molar-refractivity contribution < 1.29 is 13.2 Å². The highest BCUT2D eigenvalue weighted by atomic mass is 32.2. The first kappa shape index (κ1) is 19.9. The molecule has 6 heteroatoms. The maximum atomic E-state index is 12.5. The molecule has 1 aliphatic rings. The minimum absolute atomic E-state index is 0.0224. The number of amides is 1. The average molecular weight is 367 g/mol. The molecule has 0 aromatic heterocycles. The molecular weight excluding hydrogens is 336 g/mol. The van der Waals surface area contributed by atoms with Gasteiger partial charge in [0, 0.05) is 25.6 Å². The van der Waals surface area contributed by atoms with Crippen LogP contribution in [0.4, 0.5) is 0 Å². The molecule has 0 saturated carbocycles. The van der Waals surface area contributed by atoms with Crippen molar-refractivity contribution in [3.05, 3.63) is 35.9 Å². The van der Waals surface area contributed by atoms with Crippen molar-refractivity contribution in [2.45, 2.75) is 45.4 Å². The number of benzene rings is 1. The second-order valence-corrected chi connectivity index (χ2v) is 8.86. The number of rotatable bonds is 8. The Labute approximate surface area is 151 Å². The van der Waals surface area contributed by atoms with Crippen molar-refractivity contribution in [3.8, 4) is 0 Å². The summed E-state index contributed by atoms with van der Waals surface area (Å²) in [5.41, 5.74) is 1.22. The first-order chi connectivity index (χ1) is 12.0. The Bertz CT molecular complexity index is 646. The zero-order valence-corrected chi connectivity index (χ0v) is 16.1. The molecule has 1 heterocycles. The molecule has 1 aromatic rings. The van der Waals surface area contributed by atoms with Gasteiger partial charge in [0.15, 0.2) is 0 Å². The second-order valence-electron chi connectivity index (χ2n) is 6.77. The molecule has 1 saturated heterocycles. The molecular formula is C19H30N2O3S. The van der Waals surface area contributed by atoms with Crippen LogP contribution >= 0.6 is 0 Å². The predicted octanol–water partition coefficient (Wildman–Crippen LogP) is 2.75. The van der Waals surface area contributed by atoms with Crippen LogP contribution < -0.4 is 5.32 Å². The van der Waals surface area contributed by atoms with Crippen molar-refractivity contribution in [2.75, 3.05) is 25.4 Å². The number of nitrogens with one attached hydrogen (secondary N) is 1. The Hall–Kier alpha value is -1.40. The predicted molar refractivity (Wildman–Crippen MR) is 101 cm³/mol. The van der Waals surface area contributed by atoms with Gasteiger partial charge in [-0.1, -0.05) is 44.2 Å². The summed E-state index contributed by atoms with van der Waals surface area (Å²) in [6, 6.07) is 10.2. The Morgan fingerprint density at radius 1 is 1.28 bits per heavy atom. The van der Waals surface area contributed by atoms with Crippen molar-refractivity contribution in [3.63, 3.8) is 0 Å². The maximum absolute atomic E-state index is 12.5. The van der Waals surface area contributed by atoms with E-state index in [-0.39, 0.29) is 23.5 Å². The lowest BCUT2D eigenvalue weighted by Crippen LogP contribution is -2.46. The Morgan fingerprint density at radius 2 is 2.00 bits per heavy atom. The summed E-state index contributed by atoms with van der Waals surface area (Å²) in [6.07, 6.45) is 3.06. The van der Waals surface area contributed by atoms with Crippen molar-refractivity contribution in [2.24, 2.45) is 5.92 Å². The van der Waals surface area contributed by atoms with E-state index in [9.17, 15) is 13.2 Å². The summed E-state index contributed by atoms with van der Waals surface area (Å²) < 4.78 is 26.0. The number of nitrogens with zero attached hydrogens (tertiary/aromatic N) is 1. The van der Waals surface area contributed by atoms with E-state index in [4.69, 9.17) is 0 Å². The molecule has 0 unspecified atom stereocenters. The molecule has 25 heavy (non-hydrogen) atoms. The van der Waals surface area contributed by atoms with E-state index in [0.29, 0.717) is 26.1 Å². The van der Waals surface area contributed by atoms with Gasteiger partial charge in [-0.25, -0.2) is 12.7 Å². The third kappa shape index (κ3) is 5.54. The lowest BCUT2D eigenvalue weighted by Gasteiger charge is -2.31. The van der Waals surface area contributed by atoms with Crippen molar-refractivity contribution >= 4 is 15.9 Å². The molecule has 1 fully saturated rings. The van der Waals surface area contributed by atoms with Crippen LogP contribution in [-0.4, -0.2) is 44.0 Å². The lowest BCUT2D eigenvalue weighted by atomic mass is 9.95. The Kier molecular flexibility index (Phi) is 7.44. The molecule has 2 rings (SSSR count). The molecule has 2 atom stereocenters. The lowest BCUT2D eigenvalue weighted by molar-refractivity contribution is -0.126. The topological polar surface area (TPSA) is 66.5 Å². The van der Waals surface area contributed by atoms with E-state index in [1.54, 1.807) is 0 Å². The summed E-state index contributed by atoms with van der Waals surface area (Å²) in [4.78, 5) is 12.5. The number of piperidine rings is 1. The third-order valence-electron chi connectivity index (χ3n) is 4.90. The van der Waals surface area contributed by atoms with Gasteiger partial charge in [-0.15, -0.1) is 0 Å². The van der Waals surface area contributed by atoms with Crippen molar-refractivity contribution in [1.29, 1.82) is 0 Å². The number of hydrogen-bond donors (Lipinski definition) is 1. The van der Waals surface area contributed by atoms with Gasteiger partial charge in [-0.3, -0.25) is 4.79 Å². The standard InChI is InChI=1S/C19H30N2O3S/c1-3-13-25(23,24)21-12-8-11-18(15-21)19(22)20-14-16(4-2)17-9-6-5-7-10-17/h5-7,9-10,16,18H,3-4,8,11-15H2,1-2H3,(H,20,22)/t16-,18-/m1/s1. The molecule has 5 nitrogen and oxygen atoms in total. The number of hydrogen-bond acceptors (Lipinski definition) is 3. The summed E-state index contributed by atoms with van der Waals surface area (Å²) in [5.74, 6) is 0.181. The molecule has 140 valence electrons. The molecule has 1 aliphatic heterocycles. The first-order valence-corrected chi connectivity index (χ1v) is 10.9. The van der Waals surface area contributed by atoms with Crippen LogP contribution in [0.15, 0.2) is 30.3 Å². The Morgan fingerprint density at radius 3 is 2.64 bits per heavy atom. The highest BCUT2D eigenvalue weighted by molar-refractivity contribution is 7.89. The fourth-order valence-electron chi connectivity index (χ4n) is 3.39. The third-order valence-corrected chi connectivity index (χ3v) is 6.94. The highest BCUT2D eigenvalue weighted by Gasteiger charge is 2.31. The smallest absolute Gasteiger partial charge is 0.224 e. The summed E-state index contributed by atoms with van der Waals surface area (Å²) >= 11 is 0. The molecule has 0 radical (unpaired) electrons. The van der Waals surface area contributed by atoms with Gasteiger partial charge in [-0.05, 0) is 31.2 Å². The van der Waals surface area contributed by atoms with Gasteiger partial charge in [0.2, 0.25) is 15.9 Å². The van der Waals surface area contributed by atoms with Gasteiger partial charge in [-0.2, -0.15) is 0 Å². The van der Waals surface area contributed by atoms with E-state index in [1.807, 2.05) is 25.1 Å². The number of carbonyl (C=O) groups excluding carboxylic acids is 1. The summed E-state index contributed by atoms with van der Waals surface area (Å²) in [7, 11) is -3.23. The summed E-state index contributed by atoms with van der Waals surface area (Å²) in [6.45, 7) is 5.42. The van der Waals surface area contributed by atoms with E-state index in [2.05, 4.69) is 24.4 Å². The van der Waals surface area contributed by atoms with Gasteiger partial charge < -0.3 is 5.32 Å².